The van der Waals surface area contributed by atoms with Crippen LogP contribution in [0.4, 0.5) is 0 Å². The zero-order valence-electron chi connectivity index (χ0n) is 5.54. The lowest BCUT2D eigenvalue weighted by Crippen LogP contribution is -2.08. The van der Waals surface area contributed by atoms with Gasteiger partial charge >= 0.3 is 0 Å². The highest BCUT2D eigenvalue weighted by molar-refractivity contribution is 14.1. The average Bonchev–Trinajstić information content (AvgIpc) is 2.15. The zero-order valence-corrected chi connectivity index (χ0v) is 7.70. The third-order valence-electron chi connectivity index (χ3n) is 1.04. The Kier molecular flexibility index (Phi) is 2.42. The van der Waals surface area contributed by atoms with E-state index in [-0.39, 0.29) is 5.78 Å². The van der Waals surface area contributed by atoms with Crippen molar-refractivity contribution in [3.63, 3.8) is 0 Å². The van der Waals surface area contributed by atoms with E-state index in [0.29, 0.717) is 6.54 Å². The third kappa shape index (κ3) is 1.80. The normalized spacial score (nSPS) is 9.80. The molecule has 0 saturated carbocycles. The minimum Gasteiger partial charge on any atom is -0.298 e. The molecule has 1 aromatic heterocycles. The van der Waals surface area contributed by atoms with Gasteiger partial charge in [0.1, 0.15) is 6.54 Å². The van der Waals surface area contributed by atoms with E-state index in [0.717, 1.165) is 3.70 Å². The third-order valence-corrected chi connectivity index (χ3v) is 1.95. The number of Topliss-reactive ketones (excluding diaryl/α,β-unsaturated/α-hetero) is 1. The molecule has 1 rings (SSSR count). The SMILES string of the molecule is CC(=O)Cn1nccc1I. The summed E-state index contributed by atoms with van der Waals surface area (Å²) in [6.07, 6.45) is 1.69. The summed E-state index contributed by atoms with van der Waals surface area (Å²) in [5.74, 6) is 0.126. The minimum absolute atomic E-state index is 0.126. The molecule has 0 bridgehead atoms. The van der Waals surface area contributed by atoms with Gasteiger partial charge in [-0.05, 0) is 35.6 Å². The van der Waals surface area contributed by atoms with Crippen LogP contribution in [0, 0.1) is 3.70 Å². The molecular formula is C6H7IN2O. The molecule has 0 aliphatic heterocycles. The van der Waals surface area contributed by atoms with Crippen LogP contribution in [0.15, 0.2) is 12.3 Å². The molecule has 54 valence electrons. The number of halogens is 1. The number of nitrogens with zero attached hydrogens (tertiary/aromatic N) is 2. The van der Waals surface area contributed by atoms with Crippen LogP contribution in [0.3, 0.4) is 0 Å². The smallest absolute Gasteiger partial charge is 0.151 e. The summed E-state index contributed by atoms with van der Waals surface area (Å²) in [7, 11) is 0. The molecule has 3 nitrogen and oxygen atoms in total. The predicted molar refractivity (Wildman–Crippen MR) is 45.6 cm³/mol. The van der Waals surface area contributed by atoms with E-state index in [1.165, 1.54) is 0 Å². The molecule has 4 heteroatoms. The maximum Gasteiger partial charge on any atom is 0.151 e. The average molecular weight is 250 g/mol. The molecule has 0 saturated heterocycles. The molecule has 0 aliphatic carbocycles. The van der Waals surface area contributed by atoms with E-state index in [1.54, 1.807) is 17.8 Å². The summed E-state index contributed by atoms with van der Waals surface area (Å²) in [6.45, 7) is 1.93. The van der Waals surface area contributed by atoms with Gasteiger partial charge in [0.05, 0.1) is 9.90 Å². The maximum absolute atomic E-state index is 10.6. The van der Waals surface area contributed by atoms with Gasteiger partial charge in [-0.2, -0.15) is 5.10 Å². The van der Waals surface area contributed by atoms with Crippen LogP contribution in [0.1, 0.15) is 6.92 Å². The topological polar surface area (TPSA) is 34.9 Å². The van der Waals surface area contributed by atoms with Crippen molar-refractivity contribution >= 4 is 28.4 Å². The summed E-state index contributed by atoms with van der Waals surface area (Å²) in [5.41, 5.74) is 0. The van der Waals surface area contributed by atoms with Crippen molar-refractivity contribution < 1.29 is 4.79 Å². The Morgan fingerprint density at radius 3 is 3.00 bits per heavy atom. The fourth-order valence-corrected chi connectivity index (χ4v) is 1.10. The molecule has 0 aromatic carbocycles. The highest BCUT2D eigenvalue weighted by atomic mass is 127. The number of ketones is 1. The molecule has 0 amide bonds. The molecule has 0 radical (unpaired) electrons. The fraction of sp³-hybridized carbons (Fsp3) is 0.333. The van der Waals surface area contributed by atoms with Gasteiger partial charge in [-0.25, -0.2) is 0 Å². The van der Waals surface area contributed by atoms with Crippen LogP contribution < -0.4 is 0 Å². The second-order valence-electron chi connectivity index (χ2n) is 2.01. The minimum atomic E-state index is 0.126. The van der Waals surface area contributed by atoms with Crippen molar-refractivity contribution in [1.29, 1.82) is 0 Å². The first-order valence-corrected chi connectivity index (χ1v) is 3.95. The first kappa shape index (κ1) is 7.71. The Hall–Kier alpha value is -0.390. The largest absolute Gasteiger partial charge is 0.298 e. The Labute approximate surface area is 72.6 Å². The van der Waals surface area contributed by atoms with Gasteiger partial charge in [0.15, 0.2) is 5.78 Å². The van der Waals surface area contributed by atoms with E-state index >= 15 is 0 Å². The van der Waals surface area contributed by atoms with Crippen molar-refractivity contribution in [2.24, 2.45) is 0 Å². The summed E-state index contributed by atoms with van der Waals surface area (Å²) in [4.78, 5) is 10.6. The molecule has 0 N–H and O–H groups in total. The first-order valence-electron chi connectivity index (χ1n) is 2.87. The summed E-state index contributed by atoms with van der Waals surface area (Å²) >= 11 is 2.14. The lowest BCUT2D eigenvalue weighted by molar-refractivity contribution is -0.117. The van der Waals surface area contributed by atoms with Crippen LogP contribution in [-0.2, 0) is 11.3 Å². The quantitative estimate of drug-likeness (QED) is 0.736. The van der Waals surface area contributed by atoms with E-state index in [4.69, 9.17) is 0 Å². The van der Waals surface area contributed by atoms with E-state index < -0.39 is 0 Å². The lowest BCUT2D eigenvalue weighted by Gasteiger charge is -1.96. The van der Waals surface area contributed by atoms with E-state index in [2.05, 4.69) is 27.7 Å². The number of hydrogen-bond acceptors (Lipinski definition) is 2. The highest BCUT2D eigenvalue weighted by Gasteiger charge is 1.99. The molecule has 0 spiro atoms. The zero-order chi connectivity index (χ0) is 7.56. The molecule has 1 heterocycles. The van der Waals surface area contributed by atoms with Gasteiger partial charge < -0.3 is 0 Å². The number of rotatable bonds is 2. The molecule has 0 fully saturated rings. The van der Waals surface area contributed by atoms with Crippen molar-refractivity contribution in [2.45, 2.75) is 13.5 Å². The van der Waals surface area contributed by atoms with Crippen molar-refractivity contribution in [3.8, 4) is 0 Å². The fourth-order valence-electron chi connectivity index (χ4n) is 0.644. The van der Waals surface area contributed by atoms with Crippen LogP contribution in [-0.4, -0.2) is 15.6 Å². The number of carbonyl (C=O) groups is 1. The molecule has 0 atom stereocenters. The predicted octanol–water partition coefficient (Wildman–Crippen LogP) is 1.08. The van der Waals surface area contributed by atoms with Gasteiger partial charge in [-0.3, -0.25) is 9.48 Å². The second-order valence-corrected chi connectivity index (χ2v) is 3.12. The van der Waals surface area contributed by atoms with Crippen molar-refractivity contribution in [1.82, 2.24) is 9.78 Å². The number of carbonyl (C=O) groups excluding carboxylic acids is 1. The summed E-state index contributed by atoms with van der Waals surface area (Å²) in [6, 6.07) is 1.86. The monoisotopic (exact) mass is 250 g/mol. The van der Waals surface area contributed by atoms with Crippen LogP contribution >= 0.6 is 22.6 Å². The molecule has 1 aromatic rings. The van der Waals surface area contributed by atoms with E-state index in [1.807, 2.05) is 6.07 Å². The van der Waals surface area contributed by atoms with Gasteiger partial charge in [0.25, 0.3) is 0 Å². The Morgan fingerprint density at radius 2 is 2.60 bits per heavy atom. The highest BCUT2D eigenvalue weighted by Crippen LogP contribution is 2.01. The molecule has 0 aliphatic rings. The van der Waals surface area contributed by atoms with Crippen LogP contribution in [0.2, 0.25) is 0 Å². The van der Waals surface area contributed by atoms with E-state index in [9.17, 15) is 4.79 Å². The standard InChI is InChI=1S/C6H7IN2O/c1-5(10)4-9-6(7)2-3-8-9/h2-3H,4H2,1H3. The Morgan fingerprint density at radius 1 is 1.90 bits per heavy atom. The molecular weight excluding hydrogens is 243 g/mol. The first-order chi connectivity index (χ1) is 4.70. The summed E-state index contributed by atoms with van der Waals surface area (Å²) < 4.78 is 2.66. The van der Waals surface area contributed by atoms with Gasteiger partial charge in [-0.1, -0.05) is 0 Å². The molecule has 0 unspecified atom stereocenters. The summed E-state index contributed by atoms with van der Waals surface area (Å²) in [5, 5.41) is 3.94. The van der Waals surface area contributed by atoms with Gasteiger partial charge in [0, 0.05) is 0 Å². The number of hydrogen-bond donors (Lipinski definition) is 0. The van der Waals surface area contributed by atoms with Gasteiger partial charge in [0.2, 0.25) is 0 Å². The van der Waals surface area contributed by atoms with Crippen molar-refractivity contribution in [2.75, 3.05) is 0 Å². The second kappa shape index (κ2) is 3.14. The Bertz CT molecular complexity index is 244. The Balaban J connectivity index is 2.74. The van der Waals surface area contributed by atoms with Crippen LogP contribution in [0.5, 0.6) is 0 Å². The molecule has 10 heavy (non-hydrogen) atoms. The van der Waals surface area contributed by atoms with Crippen LogP contribution in [0.25, 0.3) is 0 Å². The maximum atomic E-state index is 10.6. The van der Waals surface area contributed by atoms with Gasteiger partial charge in [-0.15, -0.1) is 0 Å². The lowest BCUT2D eigenvalue weighted by atomic mass is 10.4. The number of aromatic nitrogens is 2. The van der Waals surface area contributed by atoms with Crippen molar-refractivity contribution in [3.05, 3.63) is 16.0 Å².